The number of carbonyl (C=O) groups excluding carboxylic acids is 1. The molecule has 1 atom stereocenters. The summed E-state index contributed by atoms with van der Waals surface area (Å²) in [5, 5.41) is 0.971. The van der Waals surface area contributed by atoms with E-state index in [1.807, 2.05) is 49.4 Å². The fraction of sp³-hybridized carbons (Fsp3) is 0.304. The van der Waals surface area contributed by atoms with E-state index in [1.54, 1.807) is 17.0 Å². The van der Waals surface area contributed by atoms with Crippen LogP contribution in [0.25, 0.3) is 10.9 Å². The van der Waals surface area contributed by atoms with Gasteiger partial charge in [0.15, 0.2) is 0 Å². The van der Waals surface area contributed by atoms with Gasteiger partial charge in [-0.2, -0.15) is 0 Å². The van der Waals surface area contributed by atoms with Gasteiger partial charge in [0.05, 0.1) is 18.2 Å². The summed E-state index contributed by atoms with van der Waals surface area (Å²) in [5.74, 6) is -0.0835. The Bertz CT molecular complexity index is 1040. The van der Waals surface area contributed by atoms with E-state index in [9.17, 15) is 9.59 Å². The molecule has 1 N–H and O–H groups in total. The topological polar surface area (TPSA) is 62.4 Å². The largest absolute Gasteiger partial charge is 0.376 e. The molecule has 1 aliphatic rings. The van der Waals surface area contributed by atoms with Crippen molar-refractivity contribution in [1.29, 1.82) is 0 Å². The molecule has 1 unspecified atom stereocenters. The molecule has 2 heterocycles. The highest BCUT2D eigenvalue weighted by Gasteiger charge is 2.24. The number of aryl methyl sites for hydroxylation is 1. The predicted molar refractivity (Wildman–Crippen MR) is 109 cm³/mol. The van der Waals surface area contributed by atoms with Gasteiger partial charge in [0, 0.05) is 24.3 Å². The lowest BCUT2D eigenvalue weighted by Crippen LogP contribution is -2.38. The number of nitrogens with one attached hydrogen (secondary N) is 1. The van der Waals surface area contributed by atoms with E-state index in [4.69, 9.17) is 4.74 Å². The van der Waals surface area contributed by atoms with Crippen LogP contribution in [0.4, 0.5) is 0 Å². The lowest BCUT2D eigenvalue weighted by molar-refractivity contribution is 0.0506. The Balaban J connectivity index is 1.67. The molecule has 5 nitrogen and oxygen atoms in total. The molecule has 0 aliphatic carbocycles. The van der Waals surface area contributed by atoms with Crippen LogP contribution in [0, 0.1) is 6.92 Å². The molecule has 0 spiro atoms. The van der Waals surface area contributed by atoms with Gasteiger partial charge in [-0.3, -0.25) is 9.59 Å². The molecule has 1 fully saturated rings. The Morgan fingerprint density at radius 3 is 2.75 bits per heavy atom. The number of aromatic amines is 1. The molecule has 1 aliphatic heterocycles. The van der Waals surface area contributed by atoms with E-state index >= 15 is 0 Å². The second-order valence-electron chi connectivity index (χ2n) is 7.35. The molecule has 2 aromatic carbocycles. The van der Waals surface area contributed by atoms with Crippen LogP contribution in [0.2, 0.25) is 0 Å². The van der Waals surface area contributed by atoms with Crippen LogP contribution < -0.4 is 5.56 Å². The van der Waals surface area contributed by atoms with Gasteiger partial charge in [-0.25, -0.2) is 0 Å². The van der Waals surface area contributed by atoms with Crippen molar-refractivity contribution in [3.8, 4) is 0 Å². The number of amides is 1. The average Bonchev–Trinajstić information content (AvgIpc) is 3.22. The molecule has 28 heavy (non-hydrogen) atoms. The number of carbonyl (C=O) groups is 1. The summed E-state index contributed by atoms with van der Waals surface area (Å²) in [6.07, 6.45) is 1.97. The van der Waals surface area contributed by atoms with Crippen molar-refractivity contribution >= 4 is 16.8 Å². The van der Waals surface area contributed by atoms with Crippen molar-refractivity contribution in [2.45, 2.75) is 32.4 Å². The number of aromatic nitrogens is 1. The van der Waals surface area contributed by atoms with Gasteiger partial charge in [-0.1, -0.05) is 36.4 Å². The zero-order chi connectivity index (χ0) is 19.5. The minimum absolute atomic E-state index is 0.0226. The van der Waals surface area contributed by atoms with E-state index in [1.165, 1.54) is 0 Å². The minimum Gasteiger partial charge on any atom is -0.376 e. The smallest absolute Gasteiger partial charge is 0.254 e. The number of hydrogen-bond acceptors (Lipinski definition) is 3. The zero-order valence-electron chi connectivity index (χ0n) is 16.0. The predicted octanol–water partition coefficient (Wildman–Crippen LogP) is 3.66. The molecule has 1 aromatic heterocycles. The molecular weight excluding hydrogens is 352 g/mol. The van der Waals surface area contributed by atoms with E-state index < -0.39 is 0 Å². The first-order chi connectivity index (χ1) is 13.6. The lowest BCUT2D eigenvalue weighted by atomic mass is 10.1. The number of hydrogen-bond donors (Lipinski definition) is 1. The van der Waals surface area contributed by atoms with Crippen molar-refractivity contribution in [2.75, 3.05) is 13.2 Å². The monoisotopic (exact) mass is 376 g/mol. The molecule has 3 aromatic rings. The molecular formula is C23H24N2O3. The minimum atomic E-state index is -0.153. The number of nitrogens with zero attached hydrogens (tertiary/aromatic N) is 1. The highest BCUT2D eigenvalue weighted by atomic mass is 16.5. The van der Waals surface area contributed by atoms with Gasteiger partial charge < -0.3 is 14.6 Å². The zero-order valence-corrected chi connectivity index (χ0v) is 16.0. The quantitative estimate of drug-likeness (QED) is 0.739. The third-order valence-corrected chi connectivity index (χ3v) is 5.28. The summed E-state index contributed by atoms with van der Waals surface area (Å²) in [6, 6.07) is 17.0. The second kappa shape index (κ2) is 7.98. The average molecular weight is 376 g/mol. The molecule has 144 valence electrons. The summed E-state index contributed by atoms with van der Waals surface area (Å²) < 4.78 is 5.74. The number of fused-ring (bicyclic) bond motifs is 1. The van der Waals surface area contributed by atoms with Gasteiger partial charge >= 0.3 is 0 Å². The lowest BCUT2D eigenvalue weighted by Gasteiger charge is -2.25. The number of rotatable bonds is 5. The van der Waals surface area contributed by atoms with E-state index in [2.05, 4.69) is 4.98 Å². The maximum absolute atomic E-state index is 13.1. The molecule has 1 saturated heterocycles. The van der Waals surface area contributed by atoms with E-state index in [0.29, 0.717) is 17.7 Å². The van der Waals surface area contributed by atoms with Crippen molar-refractivity contribution < 1.29 is 9.53 Å². The Kier molecular flexibility index (Phi) is 5.26. The fourth-order valence-corrected chi connectivity index (χ4v) is 3.77. The number of para-hydroxylation sites is 1. The summed E-state index contributed by atoms with van der Waals surface area (Å²) >= 11 is 0. The van der Waals surface area contributed by atoms with Crippen molar-refractivity contribution in [3.63, 3.8) is 0 Å². The van der Waals surface area contributed by atoms with Gasteiger partial charge in [0.1, 0.15) is 0 Å². The summed E-state index contributed by atoms with van der Waals surface area (Å²) in [6.45, 7) is 3.44. The van der Waals surface area contributed by atoms with Crippen molar-refractivity contribution in [2.24, 2.45) is 0 Å². The second-order valence-corrected chi connectivity index (χ2v) is 7.35. The Labute approximate surface area is 163 Å². The maximum atomic E-state index is 13.1. The summed E-state index contributed by atoms with van der Waals surface area (Å²) in [5.41, 5.74) is 2.92. The Morgan fingerprint density at radius 2 is 2.00 bits per heavy atom. The first-order valence-corrected chi connectivity index (χ1v) is 9.69. The number of H-pyrrole nitrogens is 1. The SMILES string of the molecule is Cc1cccc2cc(CN(CC3CCCO3)C(=O)c3ccccc3)c(=O)[nH]c12. The third-order valence-electron chi connectivity index (χ3n) is 5.28. The highest BCUT2D eigenvalue weighted by molar-refractivity contribution is 5.94. The van der Waals surface area contributed by atoms with Crippen LogP contribution in [-0.4, -0.2) is 35.0 Å². The molecule has 4 rings (SSSR count). The van der Waals surface area contributed by atoms with Crippen LogP contribution in [0.15, 0.2) is 59.4 Å². The first kappa shape index (κ1) is 18.4. The van der Waals surface area contributed by atoms with Crippen LogP contribution in [-0.2, 0) is 11.3 Å². The molecule has 1 amide bonds. The third kappa shape index (κ3) is 3.85. The van der Waals surface area contributed by atoms with Gasteiger partial charge in [0.2, 0.25) is 0 Å². The number of benzene rings is 2. The number of ether oxygens (including phenoxy) is 1. The maximum Gasteiger partial charge on any atom is 0.254 e. The molecule has 0 saturated carbocycles. The van der Waals surface area contributed by atoms with Gasteiger partial charge in [-0.05, 0) is 48.9 Å². The van der Waals surface area contributed by atoms with Crippen molar-refractivity contribution in [3.05, 3.63) is 81.6 Å². The standard InChI is InChI=1S/C23H24N2O3/c1-16-7-5-10-18-13-19(22(26)24-21(16)18)14-25(15-20-11-6-12-28-20)23(27)17-8-3-2-4-9-17/h2-5,7-10,13,20H,6,11-12,14-15H2,1H3,(H,24,26). The molecule has 0 bridgehead atoms. The van der Waals surface area contributed by atoms with Crippen LogP contribution in [0.3, 0.4) is 0 Å². The van der Waals surface area contributed by atoms with Gasteiger partial charge in [-0.15, -0.1) is 0 Å². The van der Waals surface area contributed by atoms with E-state index in [-0.39, 0.29) is 24.1 Å². The van der Waals surface area contributed by atoms with Crippen LogP contribution >= 0.6 is 0 Å². The molecule has 0 radical (unpaired) electrons. The molecule has 5 heteroatoms. The highest BCUT2D eigenvalue weighted by Crippen LogP contribution is 2.19. The summed E-state index contributed by atoms with van der Waals surface area (Å²) in [7, 11) is 0. The Hall–Kier alpha value is -2.92. The fourth-order valence-electron chi connectivity index (χ4n) is 3.77. The first-order valence-electron chi connectivity index (χ1n) is 9.69. The normalized spacial score (nSPS) is 16.4. The van der Waals surface area contributed by atoms with Crippen LogP contribution in [0.5, 0.6) is 0 Å². The number of pyridine rings is 1. The van der Waals surface area contributed by atoms with Crippen molar-refractivity contribution in [1.82, 2.24) is 9.88 Å². The Morgan fingerprint density at radius 1 is 1.18 bits per heavy atom. The van der Waals surface area contributed by atoms with Crippen LogP contribution in [0.1, 0.15) is 34.3 Å². The van der Waals surface area contributed by atoms with E-state index in [0.717, 1.165) is 35.9 Å². The summed E-state index contributed by atoms with van der Waals surface area (Å²) in [4.78, 5) is 30.5. The van der Waals surface area contributed by atoms with Gasteiger partial charge in [0.25, 0.3) is 11.5 Å².